The van der Waals surface area contributed by atoms with Gasteiger partial charge in [-0.3, -0.25) is 0 Å². The van der Waals surface area contributed by atoms with E-state index in [4.69, 9.17) is 5.73 Å². The van der Waals surface area contributed by atoms with Crippen LogP contribution in [0.5, 0.6) is 0 Å². The lowest BCUT2D eigenvalue weighted by Crippen LogP contribution is -2.20. The van der Waals surface area contributed by atoms with Gasteiger partial charge < -0.3 is 15.7 Å². The van der Waals surface area contributed by atoms with Crippen molar-refractivity contribution in [3.63, 3.8) is 0 Å². The molecule has 0 bridgehead atoms. The van der Waals surface area contributed by atoms with Crippen LogP contribution in [0.3, 0.4) is 0 Å². The van der Waals surface area contributed by atoms with Gasteiger partial charge in [-0.1, -0.05) is 6.92 Å². The summed E-state index contributed by atoms with van der Waals surface area (Å²) in [7, 11) is 0. The monoisotopic (exact) mass is 206 g/mol. The average Bonchev–Trinajstić information content (AvgIpc) is 2.61. The number of rotatable bonds is 2. The van der Waals surface area contributed by atoms with E-state index >= 15 is 0 Å². The molecule has 1 aromatic carbocycles. The van der Waals surface area contributed by atoms with Gasteiger partial charge in [0.05, 0.1) is 0 Å². The molecule has 2 rings (SSSR count). The highest BCUT2D eigenvalue weighted by Crippen LogP contribution is 2.28. The number of benzene rings is 1. The van der Waals surface area contributed by atoms with Gasteiger partial charge in [-0.25, -0.2) is 0 Å². The molecule has 0 saturated carbocycles. The topological polar surface area (TPSA) is 49.5 Å². The van der Waals surface area contributed by atoms with Crippen LogP contribution >= 0.6 is 0 Å². The minimum absolute atomic E-state index is 0.284. The molecule has 0 unspecified atom stereocenters. The van der Waals surface area contributed by atoms with Crippen LogP contribution in [-0.4, -0.2) is 24.8 Å². The number of nitrogens with zero attached hydrogens (tertiary/aromatic N) is 1. The molecule has 1 aliphatic rings. The van der Waals surface area contributed by atoms with Crippen molar-refractivity contribution >= 4 is 11.4 Å². The second-order valence-electron chi connectivity index (χ2n) is 4.42. The van der Waals surface area contributed by atoms with Gasteiger partial charge in [0.1, 0.15) is 0 Å². The van der Waals surface area contributed by atoms with Gasteiger partial charge in [0.25, 0.3) is 0 Å². The largest absolute Gasteiger partial charge is 0.399 e. The Hall–Kier alpha value is -1.22. The molecule has 1 heterocycles. The lowest BCUT2D eigenvalue weighted by molar-refractivity contribution is 0.212. The van der Waals surface area contributed by atoms with Gasteiger partial charge in [-0.2, -0.15) is 0 Å². The molecule has 2 atom stereocenters. The molecular weight excluding hydrogens is 188 g/mol. The van der Waals surface area contributed by atoms with Crippen molar-refractivity contribution in [2.45, 2.75) is 6.92 Å². The third kappa shape index (κ3) is 2.07. The van der Waals surface area contributed by atoms with Crippen molar-refractivity contribution in [3.8, 4) is 0 Å². The fourth-order valence-electron chi connectivity index (χ4n) is 2.17. The van der Waals surface area contributed by atoms with E-state index in [0.717, 1.165) is 18.8 Å². The number of hydrogen-bond acceptors (Lipinski definition) is 3. The summed E-state index contributed by atoms with van der Waals surface area (Å²) < 4.78 is 0. The lowest BCUT2D eigenvalue weighted by atomic mass is 10.00. The molecule has 0 amide bonds. The summed E-state index contributed by atoms with van der Waals surface area (Å²) in [5, 5.41) is 9.20. The maximum Gasteiger partial charge on any atom is 0.0479 e. The zero-order valence-corrected chi connectivity index (χ0v) is 9.06. The van der Waals surface area contributed by atoms with Gasteiger partial charge in [-0.15, -0.1) is 0 Å². The van der Waals surface area contributed by atoms with Crippen LogP contribution in [0.1, 0.15) is 6.92 Å². The van der Waals surface area contributed by atoms with Crippen molar-refractivity contribution in [2.75, 3.05) is 30.3 Å². The summed E-state index contributed by atoms with van der Waals surface area (Å²) >= 11 is 0. The summed E-state index contributed by atoms with van der Waals surface area (Å²) in [5.41, 5.74) is 7.64. The Morgan fingerprint density at radius 1 is 1.33 bits per heavy atom. The van der Waals surface area contributed by atoms with Crippen molar-refractivity contribution in [2.24, 2.45) is 11.8 Å². The van der Waals surface area contributed by atoms with Crippen LogP contribution in [-0.2, 0) is 0 Å². The number of aliphatic hydroxyl groups excluding tert-OH is 1. The highest BCUT2D eigenvalue weighted by atomic mass is 16.3. The van der Waals surface area contributed by atoms with Gasteiger partial charge in [0.15, 0.2) is 0 Å². The average molecular weight is 206 g/mol. The summed E-state index contributed by atoms with van der Waals surface area (Å²) in [6, 6.07) is 7.93. The first-order valence-electron chi connectivity index (χ1n) is 5.42. The zero-order chi connectivity index (χ0) is 10.8. The van der Waals surface area contributed by atoms with Gasteiger partial charge in [0.2, 0.25) is 0 Å². The Labute approximate surface area is 90.5 Å². The second kappa shape index (κ2) is 4.11. The van der Waals surface area contributed by atoms with E-state index in [1.165, 1.54) is 5.69 Å². The van der Waals surface area contributed by atoms with E-state index < -0.39 is 0 Å². The number of aliphatic hydroxyl groups is 1. The zero-order valence-electron chi connectivity index (χ0n) is 9.06. The lowest BCUT2D eigenvalue weighted by Gasteiger charge is -2.18. The highest BCUT2D eigenvalue weighted by Gasteiger charge is 2.28. The molecule has 0 aromatic heterocycles. The Kier molecular flexibility index (Phi) is 2.82. The van der Waals surface area contributed by atoms with Crippen LogP contribution in [0, 0.1) is 11.8 Å². The maximum absolute atomic E-state index is 9.20. The van der Waals surface area contributed by atoms with Gasteiger partial charge >= 0.3 is 0 Å². The van der Waals surface area contributed by atoms with Crippen molar-refractivity contribution in [3.05, 3.63) is 24.3 Å². The fourth-order valence-corrected chi connectivity index (χ4v) is 2.17. The SMILES string of the molecule is C[C@H]1CN(c2ccc(N)cc2)C[C@@H]1CO. The van der Waals surface area contributed by atoms with E-state index in [0.29, 0.717) is 11.8 Å². The minimum atomic E-state index is 0.284. The van der Waals surface area contributed by atoms with Crippen molar-refractivity contribution in [1.82, 2.24) is 0 Å². The van der Waals surface area contributed by atoms with E-state index in [1.54, 1.807) is 0 Å². The maximum atomic E-state index is 9.20. The molecule has 0 aliphatic carbocycles. The minimum Gasteiger partial charge on any atom is -0.399 e. The molecule has 1 aromatic rings. The Morgan fingerprint density at radius 2 is 2.00 bits per heavy atom. The molecule has 3 nitrogen and oxygen atoms in total. The molecule has 1 aliphatic heterocycles. The Morgan fingerprint density at radius 3 is 2.53 bits per heavy atom. The van der Waals surface area contributed by atoms with Crippen molar-refractivity contribution < 1.29 is 5.11 Å². The Balaban J connectivity index is 2.10. The van der Waals surface area contributed by atoms with E-state index in [1.807, 2.05) is 24.3 Å². The first kappa shape index (κ1) is 10.3. The number of anilines is 2. The number of nitrogen functional groups attached to an aromatic ring is 1. The summed E-state index contributed by atoms with van der Waals surface area (Å²) in [6.45, 7) is 4.45. The number of nitrogens with two attached hydrogens (primary N) is 1. The summed E-state index contributed by atoms with van der Waals surface area (Å²) in [4.78, 5) is 2.31. The normalized spacial score (nSPS) is 25.9. The molecule has 0 radical (unpaired) electrons. The Bertz CT molecular complexity index is 323. The van der Waals surface area contributed by atoms with Crippen LogP contribution in [0.2, 0.25) is 0 Å². The molecule has 1 saturated heterocycles. The van der Waals surface area contributed by atoms with Crippen LogP contribution in [0.25, 0.3) is 0 Å². The van der Waals surface area contributed by atoms with E-state index in [-0.39, 0.29) is 6.61 Å². The number of hydrogen-bond donors (Lipinski definition) is 2. The smallest absolute Gasteiger partial charge is 0.0479 e. The van der Waals surface area contributed by atoms with E-state index in [9.17, 15) is 5.11 Å². The highest BCUT2D eigenvalue weighted by molar-refractivity contribution is 5.53. The molecule has 3 heteroatoms. The van der Waals surface area contributed by atoms with E-state index in [2.05, 4.69) is 11.8 Å². The van der Waals surface area contributed by atoms with Crippen LogP contribution < -0.4 is 10.6 Å². The predicted molar refractivity (Wildman–Crippen MR) is 62.8 cm³/mol. The third-order valence-electron chi connectivity index (χ3n) is 3.26. The quantitative estimate of drug-likeness (QED) is 0.718. The standard InChI is InChI=1S/C12H18N2O/c1-9-6-14(7-10(9)8-15)12-4-2-11(13)3-5-12/h2-5,9-10,15H,6-8,13H2,1H3/t9-,10+/m0/s1. The molecule has 3 N–H and O–H groups in total. The summed E-state index contributed by atoms with van der Waals surface area (Å²) in [5.74, 6) is 0.968. The van der Waals surface area contributed by atoms with Crippen molar-refractivity contribution in [1.29, 1.82) is 0 Å². The van der Waals surface area contributed by atoms with Gasteiger partial charge in [0, 0.05) is 37.0 Å². The first-order chi connectivity index (χ1) is 7.20. The molecule has 0 spiro atoms. The first-order valence-corrected chi connectivity index (χ1v) is 5.42. The molecular formula is C12H18N2O. The second-order valence-corrected chi connectivity index (χ2v) is 4.42. The molecule has 15 heavy (non-hydrogen) atoms. The summed E-state index contributed by atoms with van der Waals surface area (Å²) in [6.07, 6.45) is 0. The van der Waals surface area contributed by atoms with Crippen LogP contribution in [0.4, 0.5) is 11.4 Å². The predicted octanol–water partition coefficient (Wildman–Crippen LogP) is 1.33. The van der Waals surface area contributed by atoms with Gasteiger partial charge in [-0.05, 0) is 30.2 Å². The third-order valence-corrected chi connectivity index (χ3v) is 3.26. The fraction of sp³-hybridized carbons (Fsp3) is 0.500. The molecule has 1 fully saturated rings. The molecule has 82 valence electrons. The van der Waals surface area contributed by atoms with Crippen LogP contribution in [0.15, 0.2) is 24.3 Å².